The number of amides is 1. The summed E-state index contributed by atoms with van der Waals surface area (Å²) in [6.07, 6.45) is -0.498. The van der Waals surface area contributed by atoms with Crippen LogP contribution in [0, 0.1) is 5.82 Å². The fraction of sp³-hybridized carbons (Fsp3) is 0.600. The number of benzene rings is 1. The normalized spacial score (nSPS) is 20.3. The van der Waals surface area contributed by atoms with Gasteiger partial charge in [-0.25, -0.2) is 9.18 Å². The molecule has 0 saturated carbocycles. The molecule has 0 spiro atoms. The maximum atomic E-state index is 13.7. The highest BCUT2D eigenvalue weighted by Crippen LogP contribution is 2.19. The van der Waals surface area contributed by atoms with Crippen LogP contribution in [-0.2, 0) is 4.74 Å². The van der Waals surface area contributed by atoms with Crippen LogP contribution in [0.5, 0.6) is 5.75 Å². The molecule has 1 saturated heterocycles. The second kappa shape index (κ2) is 8.24. The van der Waals surface area contributed by atoms with E-state index in [1.54, 1.807) is 23.1 Å². The zero-order valence-electron chi connectivity index (χ0n) is 16.9. The van der Waals surface area contributed by atoms with E-state index in [9.17, 15) is 9.18 Å². The average Bonchev–Trinajstić information content (AvgIpc) is 3.03. The van der Waals surface area contributed by atoms with Crippen LogP contribution >= 0.6 is 0 Å². The van der Waals surface area contributed by atoms with Crippen LogP contribution in [-0.4, -0.2) is 72.3 Å². The fourth-order valence-corrected chi connectivity index (χ4v) is 3.26. The largest absolute Gasteiger partial charge is 0.486 e. The minimum atomic E-state index is -0.499. The highest BCUT2D eigenvalue weighted by Gasteiger charge is 2.36. The summed E-state index contributed by atoms with van der Waals surface area (Å²) >= 11 is 0. The summed E-state index contributed by atoms with van der Waals surface area (Å²) in [5.74, 6) is 0.678. The molecule has 2 atom stereocenters. The van der Waals surface area contributed by atoms with Crippen LogP contribution in [0.25, 0.3) is 0 Å². The number of nitrogens with zero attached hydrogens (tertiary/aromatic N) is 3. The quantitative estimate of drug-likeness (QED) is 0.853. The Balaban J connectivity index is 1.47. The summed E-state index contributed by atoms with van der Waals surface area (Å²) in [6.45, 7) is 10.5. The number of rotatable bonds is 4. The number of para-hydroxylation sites is 1. The first-order valence-electron chi connectivity index (χ1n) is 9.67. The summed E-state index contributed by atoms with van der Waals surface area (Å²) in [6, 6.07) is 6.52. The molecule has 2 aliphatic heterocycles. The number of ether oxygens (including phenoxy) is 2. The van der Waals surface area contributed by atoms with Crippen LogP contribution in [0.15, 0.2) is 29.3 Å². The molecule has 0 aliphatic carbocycles. The van der Waals surface area contributed by atoms with Gasteiger partial charge >= 0.3 is 6.09 Å². The van der Waals surface area contributed by atoms with Crippen molar-refractivity contribution >= 4 is 12.1 Å². The van der Waals surface area contributed by atoms with Crippen molar-refractivity contribution in [3.05, 3.63) is 30.1 Å². The van der Waals surface area contributed by atoms with Gasteiger partial charge in [-0.05, 0) is 39.8 Å². The SMILES string of the molecule is CC(CNC1=NCC2CN(C(=O)OC(C)(C)C)CCN12)Oc1ccccc1F. The molecule has 2 aliphatic rings. The number of carbonyl (C=O) groups excluding carboxylic acids is 1. The van der Waals surface area contributed by atoms with E-state index in [2.05, 4.69) is 15.2 Å². The number of hydrogen-bond acceptors (Lipinski definition) is 6. The lowest BCUT2D eigenvalue weighted by molar-refractivity contribution is 0.0137. The summed E-state index contributed by atoms with van der Waals surface area (Å²) in [7, 11) is 0. The Morgan fingerprint density at radius 1 is 1.36 bits per heavy atom. The first kappa shape index (κ1) is 20.2. The predicted molar refractivity (Wildman–Crippen MR) is 105 cm³/mol. The Hall–Kier alpha value is -2.51. The number of nitrogens with one attached hydrogen (secondary N) is 1. The molecule has 0 aromatic heterocycles. The fourth-order valence-electron chi connectivity index (χ4n) is 3.26. The van der Waals surface area contributed by atoms with Gasteiger partial charge < -0.3 is 24.6 Å². The van der Waals surface area contributed by atoms with Gasteiger partial charge in [0, 0.05) is 19.6 Å². The lowest BCUT2D eigenvalue weighted by Crippen LogP contribution is -2.58. The van der Waals surface area contributed by atoms with Crippen molar-refractivity contribution < 1.29 is 18.7 Å². The van der Waals surface area contributed by atoms with Gasteiger partial charge in [0.15, 0.2) is 17.5 Å². The van der Waals surface area contributed by atoms with E-state index in [1.165, 1.54) is 6.07 Å². The van der Waals surface area contributed by atoms with Crippen LogP contribution < -0.4 is 10.1 Å². The molecule has 7 nitrogen and oxygen atoms in total. The molecule has 8 heteroatoms. The topological polar surface area (TPSA) is 66.4 Å². The molecule has 1 amide bonds. The van der Waals surface area contributed by atoms with Crippen LogP contribution in [0.1, 0.15) is 27.7 Å². The molecule has 0 bridgehead atoms. The third-order valence-electron chi connectivity index (χ3n) is 4.57. The lowest BCUT2D eigenvalue weighted by Gasteiger charge is -2.39. The van der Waals surface area contributed by atoms with Crippen molar-refractivity contribution in [3.8, 4) is 5.75 Å². The van der Waals surface area contributed by atoms with Gasteiger partial charge in [0.1, 0.15) is 11.7 Å². The molecule has 2 unspecified atom stereocenters. The van der Waals surface area contributed by atoms with Crippen molar-refractivity contribution in [2.45, 2.75) is 45.4 Å². The second-order valence-electron chi connectivity index (χ2n) is 8.18. The zero-order valence-corrected chi connectivity index (χ0v) is 16.9. The summed E-state index contributed by atoms with van der Waals surface area (Å²) in [4.78, 5) is 20.8. The van der Waals surface area contributed by atoms with E-state index in [1.807, 2.05) is 27.7 Å². The molecular formula is C20H29FN4O3. The van der Waals surface area contributed by atoms with E-state index in [4.69, 9.17) is 9.47 Å². The van der Waals surface area contributed by atoms with E-state index >= 15 is 0 Å². The second-order valence-corrected chi connectivity index (χ2v) is 8.18. The monoisotopic (exact) mass is 392 g/mol. The van der Waals surface area contributed by atoms with Crippen LogP contribution in [0.2, 0.25) is 0 Å². The third-order valence-corrected chi connectivity index (χ3v) is 4.57. The molecule has 1 aromatic carbocycles. The predicted octanol–water partition coefficient (Wildman–Crippen LogP) is 2.47. The Labute approximate surface area is 165 Å². The van der Waals surface area contributed by atoms with Crippen LogP contribution in [0.3, 0.4) is 0 Å². The maximum absolute atomic E-state index is 13.7. The number of carbonyl (C=O) groups is 1. The molecule has 1 N–H and O–H groups in total. The molecule has 1 aromatic rings. The Kier molecular flexibility index (Phi) is 5.96. The highest BCUT2D eigenvalue weighted by molar-refractivity contribution is 5.82. The molecule has 2 heterocycles. The molecule has 0 radical (unpaired) electrons. The van der Waals surface area contributed by atoms with Crippen molar-refractivity contribution in [3.63, 3.8) is 0 Å². The number of piperazine rings is 1. The number of guanidine groups is 1. The minimum Gasteiger partial charge on any atom is -0.486 e. The summed E-state index contributed by atoms with van der Waals surface area (Å²) in [5.41, 5.74) is -0.499. The Morgan fingerprint density at radius 3 is 2.82 bits per heavy atom. The maximum Gasteiger partial charge on any atom is 0.410 e. The molecule has 1 fully saturated rings. The smallest absolute Gasteiger partial charge is 0.410 e. The molecule has 28 heavy (non-hydrogen) atoms. The van der Waals surface area contributed by atoms with Gasteiger partial charge in [0.2, 0.25) is 0 Å². The van der Waals surface area contributed by atoms with E-state index in [0.717, 1.165) is 5.96 Å². The Bertz CT molecular complexity index is 734. The zero-order chi connectivity index (χ0) is 20.3. The van der Waals surface area contributed by atoms with Crippen molar-refractivity contribution in [1.29, 1.82) is 0 Å². The number of aliphatic imine (C=N–C) groups is 1. The van der Waals surface area contributed by atoms with Crippen molar-refractivity contribution in [2.24, 2.45) is 4.99 Å². The standard InChI is InChI=1S/C20H29FN4O3/c1-14(27-17-8-6-5-7-16(17)21)11-22-18-23-12-15-13-24(9-10-25(15)18)19(26)28-20(2,3)4/h5-8,14-15H,9-13H2,1-4H3,(H,22,23). The first-order chi connectivity index (χ1) is 13.2. The van der Waals surface area contributed by atoms with E-state index < -0.39 is 5.60 Å². The molecular weight excluding hydrogens is 363 g/mol. The van der Waals surface area contributed by atoms with E-state index in [-0.39, 0.29) is 29.8 Å². The summed E-state index contributed by atoms with van der Waals surface area (Å²) < 4.78 is 24.8. The van der Waals surface area contributed by atoms with Crippen molar-refractivity contribution in [1.82, 2.24) is 15.1 Å². The van der Waals surface area contributed by atoms with Gasteiger partial charge in [-0.2, -0.15) is 0 Å². The van der Waals surface area contributed by atoms with Gasteiger partial charge in [-0.15, -0.1) is 0 Å². The van der Waals surface area contributed by atoms with Gasteiger partial charge in [0.25, 0.3) is 0 Å². The number of halogens is 1. The van der Waals surface area contributed by atoms with Crippen molar-refractivity contribution in [2.75, 3.05) is 32.7 Å². The molecule has 3 rings (SSSR count). The highest BCUT2D eigenvalue weighted by atomic mass is 19.1. The van der Waals surface area contributed by atoms with Crippen LogP contribution in [0.4, 0.5) is 9.18 Å². The Morgan fingerprint density at radius 2 is 2.11 bits per heavy atom. The number of fused-ring (bicyclic) bond motifs is 1. The van der Waals surface area contributed by atoms with Gasteiger partial charge in [-0.1, -0.05) is 12.1 Å². The number of hydrogen-bond donors (Lipinski definition) is 1. The average molecular weight is 392 g/mol. The van der Waals surface area contributed by atoms with E-state index in [0.29, 0.717) is 32.7 Å². The van der Waals surface area contributed by atoms with Gasteiger partial charge in [-0.3, -0.25) is 4.99 Å². The van der Waals surface area contributed by atoms with Gasteiger partial charge in [0.05, 0.1) is 19.1 Å². The summed E-state index contributed by atoms with van der Waals surface area (Å²) in [5, 5.41) is 3.30. The lowest BCUT2D eigenvalue weighted by atomic mass is 10.2. The first-order valence-corrected chi connectivity index (χ1v) is 9.67. The minimum absolute atomic E-state index is 0.145. The molecule has 154 valence electrons. The third kappa shape index (κ3) is 5.05.